The number of aryl methyl sites for hydroxylation is 1. The number of benzene rings is 1. The van der Waals surface area contributed by atoms with Crippen molar-refractivity contribution in [1.29, 1.82) is 0 Å². The van der Waals surface area contributed by atoms with E-state index in [0.29, 0.717) is 13.2 Å². The van der Waals surface area contributed by atoms with Crippen molar-refractivity contribution in [3.8, 4) is 0 Å². The molecular formula is C14H18O5. The van der Waals surface area contributed by atoms with E-state index >= 15 is 0 Å². The van der Waals surface area contributed by atoms with E-state index < -0.39 is 12.6 Å². The SMILES string of the molecule is CCCc1ccc(C2COC(OC(=O)O)OC2)cc1. The third-order valence-corrected chi connectivity index (χ3v) is 3.05. The average Bonchev–Trinajstić information content (AvgIpc) is 2.40. The van der Waals surface area contributed by atoms with Crippen molar-refractivity contribution in [1.82, 2.24) is 0 Å². The lowest BCUT2D eigenvalue weighted by molar-refractivity contribution is -0.294. The Balaban J connectivity index is 1.88. The van der Waals surface area contributed by atoms with Crippen LogP contribution in [-0.2, 0) is 20.6 Å². The molecule has 1 aromatic carbocycles. The highest BCUT2D eigenvalue weighted by Crippen LogP contribution is 2.23. The van der Waals surface area contributed by atoms with Crippen molar-refractivity contribution in [2.45, 2.75) is 32.2 Å². The lowest BCUT2D eigenvalue weighted by Gasteiger charge is -2.28. The molecule has 5 heteroatoms. The molecule has 5 nitrogen and oxygen atoms in total. The molecule has 0 radical (unpaired) electrons. The van der Waals surface area contributed by atoms with Crippen LogP contribution in [0.2, 0.25) is 0 Å². The molecule has 0 amide bonds. The van der Waals surface area contributed by atoms with Gasteiger partial charge in [0.25, 0.3) is 0 Å². The minimum absolute atomic E-state index is 0.115. The van der Waals surface area contributed by atoms with Crippen molar-refractivity contribution < 1.29 is 24.1 Å². The Hall–Kier alpha value is -1.59. The minimum atomic E-state index is -1.40. The van der Waals surface area contributed by atoms with Gasteiger partial charge < -0.3 is 19.3 Å². The van der Waals surface area contributed by atoms with E-state index in [-0.39, 0.29) is 5.92 Å². The summed E-state index contributed by atoms with van der Waals surface area (Å²) < 4.78 is 14.8. The Morgan fingerprint density at radius 3 is 2.47 bits per heavy atom. The summed E-state index contributed by atoms with van der Waals surface area (Å²) in [6.07, 6.45) is 0.808. The summed E-state index contributed by atoms with van der Waals surface area (Å²) >= 11 is 0. The summed E-state index contributed by atoms with van der Waals surface area (Å²) in [5.74, 6) is 0.115. The molecule has 1 fully saturated rings. The van der Waals surface area contributed by atoms with E-state index in [2.05, 4.69) is 35.9 Å². The van der Waals surface area contributed by atoms with Crippen LogP contribution in [0.25, 0.3) is 0 Å². The number of carboxylic acid groups (broad SMARTS) is 1. The van der Waals surface area contributed by atoms with Crippen LogP contribution >= 0.6 is 0 Å². The largest absolute Gasteiger partial charge is 0.509 e. The van der Waals surface area contributed by atoms with Gasteiger partial charge in [-0.3, -0.25) is 0 Å². The molecule has 1 aliphatic heterocycles. The molecule has 1 saturated heterocycles. The van der Waals surface area contributed by atoms with Gasteiger partial charge in [-0.1, -0.05) is 37.6 Å². The van der Waals surface area contributed by atoms with Gasteiger partial charge in [0.1, 0.15) is 0 Å². The molecule has 0 atom stereocenters. The third kappa shape index (κ3) is 3.94. The molecule has 1 N–H and O–H groups in total. The van der Waals surface area contributed by atoms with E-state index in [9.17, 15) is 4.79 Å². The van der Waals surface area contributed by atoms with Crippen LogP contribution in [0.3, 0.4) is 0 Å². The highest BCUT2D eigenvalue weighted by molar-refractivity contribution is 5.56. The van der Waals surface area contributed by atoms with Gasteiger partial charge in [-0.05, 0) is 17.5 Å². The zero-order valence-corrected chi connectivity index (χ0v) is 10.9. The number of ether oxygens (including phenoxy) is 3. The summed E-state index contributed by atoms with van der Waals surface area (Å²) in [6.45, 7) is 1.84. The molecule has 104 valence electrons. The van der Waals surface area contributed by atoms with Crippen LogP contribution in [0.15, 0.2) is 24.3 Å². The quantitative estimate of drug-likeness (QED) is 0.849. The van der Waals surface area contributed by atoms with Crippen LogP contribution in [0.4, 0.5) is 4.79 Å². The Morgan fingerprint density at radius 1 is 1.32 bits per heavy atom. The summed E-state index contributed by atoms with van der Waals surface area (Å²) in [4.78, 5) is 10.3. The fourth-order valence-electron chi connectivity index (χ4n) is 2.07. The Labute approximate surface area is 112 Å². The normalized spacial score (nSPS) is 23.0. The Bertz CT molecular complexity index is 406. The van der Waals surface area contributed by atoms with E-state index in [1.807, 2.05) is 0 Å². The summed E-state index contributed by atoms with van der Waals surface area (Å²) in [5.41, 5.74) is 2.45. The lowest BCUT2D eigenvalue weighted by atomic mass is 9.98. The van der Waals surface area contributed by atoms with Crippen LogP contribution in [0, 0.1) is 0 Å². The molecular weight excluding hydrogens is 248 g/mol. The third-order valence-electron chi connectivity index (χ3n) is 3.05. The molecule has 19 heavy (non-hydrogen) atoms. The number of rotatable bonds is 4. The van der Waals surface area contributed by atoms with E-state index in [0.717, 1.165) is 18.4 Å². The van der Waals surface area contributed by atoms with Gasteiger partial charge in [0.05, 0.1) is 13.2 Å². The molecule has 1 heterocycles. The Kier molecular flexibility index (Phi) is 4.76. The van der Waals surface area contributed by atoms with Crippen molar-refractivity contribution in [2.24, 2.45) is 0 Å². The predicted octanol–water partition coefficient (Wildman–Crippen LogP) is 2.75. The molecule has 2 rings (SSSR count). The number of carbonyl (C=O) groups is 1. The number of hydrogen-bond acceptors (Lipinski definition) is 4. The topological polar surface area (TPSA) is 65.0 Å². The zero-order chi connectivity index (χ0) is 13.7. The zero-order valence-electron chi connectivity index (χ0n) is 10.9. The molecule has 0 aliphatic carbocycles. The molecule has 0 aromatic heterocycles. The van der Waals surface area contributed by atoms with Crippen LogP contribution < -0.4 is 0 Å². The first-order valence-electron chi connectivity index (χ1n) is 6.40. The van der Waals surface area contributed by atoms with Crippen molar-refractivity contribution >= 4 is 6.16 Å². The molecule has 0 bridgehead atoms. The lowest BCUT2D eigenvalue weighted by Crippen LogP contribution is -2.33. The van der Waals surface area contributed by atoms with Gasteiger partial charge in [0.15, 0.2) is 0 Å². The highest BCUT2D eigenvalue weighted by atomic mass is 16.9. The summed E-state index contributed by atoms with van der Waals surface area (Å²) in [6, 6.07) is 8.36. The minimum Gasteiger partial charge on any atom is -0.450 e. The monoisotopic (exact) mass is 266 g/mol. The maximum atomic E-state index is 10.3. The second kappa shape index (κ2) is 6.54. The maximum absolute atomic E-state index is 10.3. The molecule has 1 aromatic rings. The first-order valence-corrected chi connectivity index (χ1v) is 6.40. The van der Waals surface area contributed by atoms with E-state index in [4.69, 9.17) is 14.6 Å². The summed E-state index contributed by atoms with van der Waals surface area (Å²) in [5, 5.41) is 8.45. The molecule has 0 unspecified atom stereocenters. The fraction of sp³-hybridized carbons (Fsp3) is 0.500. The molecule has 1 aliphatic rings. The van der Waals surface area contributed by atoms with Crippen LogP contribution in [0.1, 0.15) is 30.4 Å². The number of hydrogen-bond donors (Lipinski definition) is 1. The van der Waals surface area contributed by atoms with Gasteiger partial charge in [0.2, 0.25) is 0 Å². The van der Waals surface area contributed by atoms with Crippen LogP contribution in [0.5, 0.6) is 0 Å². The average molecular weight is 266 g/mol. The van der Waals surface area contributed by atoms with Crippen LogP contribution in [-0.4, -0.2) is 31.0 Å². The first-order chi connectivity index (χ1) is 9.19. The van der Waals surface area contributed by atoms with Crippen molar-refractivity contribution in [2.75, 3.05) is 13.2 Å². The molecule has 0 saturated carbocycles. The predicted molar refractivity (Wildman–Crippen MR) is 68.0 cm³/mol. The Morgan fingerprint density at radius 2 is 1.95 bits per heavy atom. The van der Waals surface area contributed by atoms with E-state index in [1.54, 1.807) is 0 Å². The second-order valence-electron chi connectivity index (χ2n) is 4.53. The van der Waals surface area contributed by atoms with Gasteiger partial charge >= 0.3 is 12.6 Å². The van der Waals surface area contributed by atoms with Gasteiger partial charge in [0, 0.05) is 5.92 Å². The fourth-order valence-corrected chi connectivity index (χ4v) is 2.07. The first kappa shape index (κ1) is 13.8. The second-order valence-corrected chi connectivity index (χ2v) is 4.53. The van der Waals surface area contributed by atoms with Crippen molar-refractivity contribution in [3.63, 3.8) is 0 Å². The smallest absolute Gasteiger partial charge is 0.450 e. The maximum Gasteiger partial charge on any atom is 0.509 e. The van der Waals surface area contributed by atoms with E-state index in [1.165, 1.54) is 5.56 Å². The van der Waals surface area contributed by atoms with Gasteiger partial charge in [-0.25, -0.2) is 4.79 Å². The summed E-state index contributed by atoms with van der Waals surface area (Å²) in [7, 11) is 0. The molecule has 0 spiro atoms. The van der Waals surface area contributed by atoms with Gasteiger partial charge in [-0.15, -0.1) is 0 Å². The van der Waals surface area contributed by atoms with Crippen molar-refractivity contribution in [3.05, 3.63) is 35.4 Å². The van der Waals surface area contributed by atoms with Gasteiger partial charge in [-0.2, -0.15) is 0 Å². The highest BCUT2D eigenvalue weighted by Gasteiger charge is 2.25. The standard InChI is InChI=1S/C14H18O5/c1-2-3-10-4-6-11(7-5-10)12-8-17-14(18-9-12)19-13(15)16/h4-7,12,14H,2-3,8-9H2,1H3,(H,15,16).